The van der Waals surface area contributed by atoms with E-state index in [-0.39, 0.29) is 17.9 Å². The molecule has 0 saturated carbocycles. The van der Waals surface area contributed by atoms with Gasteiger partial charge in [0.1, 0.15) is 6.04 Å². The third-order valence-corrected chi connectivity index (χ3v) is 5.57. The van der Waals surface area contributed by atoms with Crippen LogP contribution in [0.25, 0.3) is 0 Å². The van der Waals surface area contributed by atoms with Crippen molar-refractivity contribution in [3.63, 3.8) is 0 Å². The second-order valence-corrected chi connectivity index (χ2v) is 7.19. The molecule has 1 aromatic rings. The van der Waals surface area contributed by atoms with Gasteiger partial charge in [0.25, 0.3) is 5.91 Å². The maximum absolute atomic E-state index is 13.0. The maximum atomic E-state index is 13.0. The molecule has 3 aliphatic rings. The molecule has 0 aliphatic carbocycles. The molecule has 140 valence electrons. The molecule has 7 heteroatoms. The van der Waals surface area contributed by atoms with Crippen molar-refractivity contribution in [2.75, 3.05) is 63.9 Å². The van der Waals surface area contributed by atoms with Crippen LogP contribution >= 0.6 is 0 Å². The highest BCUT2D eigenvalue weighted by atomic mass is 16.5. The molecule has 3 fully saturated rings. The van der Waals surface area contributed by atoms with Crippen molar-refractivity contribution >= 4 is 17.5 Å². The quantitative estimate of drug-likeness (QED) is 0.812. The molecule has 1 unspecified atom stereocenters. The fourth-order valence-electron chi connectivity index (χ4n) is 4.09. The number of morpholine rings is 1. The normalized spacial score (nSPS) is 24.2. The highest BCUT2D eigenvalue weighted by Gasteiger charge is 2.36. The molecule has 0 radical (unpaired) electrons. The van der Waals surface area contributed by atoms with Gasteiger partial charge >= 0.3 is 0 Å². The van der Waals surface area contributed by atoms with E-state index in [9.17, 15) is 9.59 Å². The van der Waals surface area contributed by atoms with Crippen LogP contribution in [0.4, 0.5) is 5.69 Å². The second-order valence-electron chi connectivity index (χ2n) is 7.19. The van der Waals surface area contributed by atoms with Crippen molar-refractivity contribution in [1.29, 1.82) is 0 Å². The number of nitrogens with zero attached hydrogens (tertiary/aromatic N) is 3. The van der Waals surface area contributed by atoms with E-state index in [1.165, 1.54) is 5.69 Å². The van der Waals surface area contributed by atoms with Gasteiger partial charge in [-0.1, -0.05) is 0 Å². The zero-order chi connectivity index (χ0) is 18.1. The smallest absolute Gasteiger partial charge is 0.253 e. The predicted molar refractivity (Wildman–Crippen MR) is 98.5 cm³/mol. The zero-order valence-corrected chi connectivity index (χ0v) is 15.2. The number of carbonyl (C=O) groups excluding carboxylic acids is 2. The second kappa shape index (κ2) is 7.25. The molecular formula is C19H26N4O3. The van der Waals surface area contributed by atoms with Gasteiger partial charge in [-0.2, -0.15) is 0 Å². The average molecular weight is 358 g/mol. The van der Waals surface area contributed by atoms with Gasteiger partial charge in [-0.25, -0.2) is 0 Å². The number of piperazine rings is 2. The van der Waals surface area contributed by atoms with E-state index in [1.807, 2.05) is 30.0 Å². The molecular weight excluding hydrogens is 332 g/mol. The van der Waals surface area contributed by atoms with Crippen LogP contribution in [0, 0.1) is 6.92 Å². The van der Waals surface area contributed by atoms with Crippen molar-refractivity contribution in [2.45, 2.75) is 13.0 Å². The summed E-state index contributed by atoms with van der Waals surface area (Å²) in [5.74, 6) is 0.0484. The summed E-state index contributed by atoms with van der Waals surface area (Å²) in [5, 5.41) is 2.90. The lowest BCUT2D eigenvalue weighted by molar-refractivity contribution is -0.131. The maximum Gasteiger partial charge on any atom is 0.253 e. The number of ether oxygens (including phenoxy) is 1. The number of carbonyl (C=O) groups is 2. The molecule has 3 saturated heterocycles. The number of amides is 2. The molecule has 4 rings (SSSR count). The number of aryl methyl sites for hydroxylation is 1. The Labute approximate surface area is 153 Å². The van der Waals surface area contributed by atoms with Crippen LogP contribution in [-0.2, 0) is 9.53 Å². The van der Waals surface area contributed by atoms with Gasteiger partial charge < -0.3 is 19.9 Å². The molecule has 26 heavy (non-hydrogen) atoms. The fourth-order valence-corrected chi connectivity index (χ4v) is 4.09. The molecule has 0 bridgehead atoms. The third-order valence-electron chi connectivity index (χ3n) is 5.57. The number of nitrogens with one attached hydrogen (secondary N) is 1. The predicted octanol–water partition coefficient (Wildman–Crippen LogP) is 0.0878. The highest BCUT2D eigenvalue weighted by Crippen LogP contribution is 2.24. The lowest BCUT2D eigenvalue weighted by Gasteiger charge is -2.43. The van der Waals surface area contributed by atoms with E-state index in [1.54, 1.807) is 0 Å². The first kappa shape index (κ1) is 17.3. The Bertz CT molecular complexity index is 702. The van der Waals surface area contributed by atoms with Crippen molar-refractivity contribution < 1.29 is 14.3 Å². The van der Waals surface area contributed by atoms with Crippen LogP contribution in [0.15, 0.2) is 18.2 Å². The third kappa shape index (κ3) is 3.29. The van der Waals surface area contributed by atoms with E-state index < -0.39 is 0 Å². The van der Waals surface area contributed by atoms with Crippen molar-refractivity contribution in [3.05, 3.63) is 29.3 Å². The Balaban J connectivity index is 1.47. The Morgan fingerprint density at radius 2 is 1.96 bits per heavy atom. The summed E-state index contributed by atoms with van der Waals surface area (Å²) in [4.78, 5) is 31.4. The first-order valence-corrected chi connectivity index (χ1v) is 9.38. The number of fused-ring (bicyclic) bond motifs is 1. The van der Waals surface area contributed by atoms with Gasteiger partial charge in [0.15, 0.2) is 0 Å². The summed E-state index contributed by atoms with van der Waals surface area (Å²) in [6.45, 7) is 8.77. The van der Waals surface area contributed by atoms with E-state index >= 15 is 0 Å². The number of rotatable bonds is 2. The summed E-state index contributed by atoms with van der Waals surface area (Å²) in [7, 11) is 0. The molecule has 1 N–H and O–H groups in total. The SMILES string of the molecule is Cc1cc(C(=O)N2CCN3CCNC(=O)C3C2)ccc1N1CCOCC1. The number of hydrogen-bond donors (Lipinski definition) is 1. The van der Waals surface area contributed by atoms with Crippen molar-refractivity contribution in [2.24, 2.45) is 0 Å². The summed E-state index contributed by atoms with van der Waals surface area (Å²) in [6, 6.07) is 5.71. The minimum absolute atomic E-state index is 0.0136. The number of hydrogen-bond acceptors (Lipinski definition) is 5. The molecule has 1 atom stereocenters. The Morgan fingerprint density at radius 1 is 1.15 bits per heavy atom. The number of anilines is 1. The van der Waals surface area contributed by atoms with E-state index in [4.69, 9.17) is 4.74 Å². The van der Waals surface area contributed by atoms with Crippen LogP contribution in [0.5, 0.6) is 0 Å². The van der Waals surface area contributed by atoms with Gasteiger partial charge in [0.2, 0.25) is 5.91 Å². The standard InChI is InChI=1S/C19H26N4O3/c1-14-12-15(2-3-16(14)22-8-10-26-11-9-22)19(25)23-7-6-21-5-4-20-18(24)17(21)13-23/h2-3,12,17H,4-11,13H2,1H3,(H,20,24). The van der Waals surface area contributed by atoms with E-state index in [0.717, 1.165) is 45.0 Å². The lowest BCUT2D eigenvalue weighted by atomic mass is 10.0. The van der Waals surface area contributed by atoms with Gasteiger partial charge in [0.05, 0.1) is 13.2 Å². The van der Waals surface area contributed by atoms with Crippen LogP contribution in [-0.4, -0.2) is 86.7 Å². The summed E-state index contributed by atoms with van der Waals surface area (Å²) in [5.41, 5.74) is 2.97. The molecule has 0 spiro atoms. The molecule has 3 heterocycles. The zero-order valence-electron chi connectivity index (χ0n) is 15.2. The largest absolute Gasteiger partial charge is 0.378 e. The summed E-state index contributed by atoms with van der Waals surface area (Å²) in [6.07, 6.45) is 0. The van der Waals surface area contributed by atoms with Crippen molar-refractivity contribution in [3.8, 4) is 0 Å². The Hall–Kier alpha value is -2.12. The summed E-state index contributed by atoms with van der Waals surface area (Å²) < 4.78 is 5.42. The molecule has 0 aromatic heterocycles. The topological polar surface area (TPSA) is 65.1 Å². The minimum Gasteiger partial charge on any atom is -0.378 e. The Morgan fingerprint density at radius 3 is 2.73 bits per heavy atom. The minimum atomic E-state index is -0.213. The average Bonchev–Trinajstić information content (AvgIpc) is 2.68. The van der Waals surface area contributed by atoms with Gasteiger partial charge in [-0.05, 0) is 30.7 Å². The molecule has 1 aromatic carbocycles. The number of benzene rings is 1. The van der Waals surface area contributed by atoms with Gasteiger partial charge in [0, 0.05) is 57.1 Å². The van der Waals surface area contributed by atoms with Gasteiger partial charge in [-0.15, -0.1) is 0 Å². The highest BCUT2D eigenvalue weighted by molar-refractivity contribution is 5.95. The molecule has 2 amide bonds. The van der Waals surface area contributed by atoms with Crippen LogP contribution in [0.1, 0.15) is 15.9 Å². The Kier molecular flexibility index (Phi) is 4.82. The first-order chi connectivity index (χ1) is 12.6. The van der Waals surface area contributed by atoms with Crippen LogP contribution < -0.4 is 10.2 Å². The lowest BCUT2D eigenvalue weighted by Crippen LogP contribution is -2.64. The van der Waals surface area contributed by atoms with Crippen LogP contribution in [0.2, 0.25) is 0 Å². The van der Waals surface area contributed by atoms with Crippen molar-refractivity contribution in [1.82, 2.24) is 15.1 Å². The van der Waals surface area contributed by atoms with E-state index in [2.05, 4.69) is 15.1 Å². The summed E-state index contributed by atoms with van der Waals surface area (Å²) >= 11 is 0. The fraction of sp³-hybridized carbons (Fsp3) is 0.579. The van der Waals surface area contributed by atoms with Crippen LogP contribution in [0.3, 0.4) is 0 Å². The van der Waals surface area contributed by atoms with E-state index in [0.29, 0.717) is 25.2 Å². The monoisotopic (exact) mass is 358 g/mol. The molecule has 3 aliphatic heterocycles. The first-order valence-electron chi connectivity index (χ1n) is 9.38. The molecule has 7 nitrogen and oxygen atoms in total. The van der Waals surface area contributed by atoms with Gasteiger partial charge in [-0.3, -0.25) is 14.5 Å².